The van der Waals surface area contributed by atoms with Gasteiger partial charge in [-0.25, -0.2) is 4.79 Å². The molecule has 2 rings (SSSR count). The second-order valence-corrected chi connectivity index (χ2v) is 6.25. The summed E-state index contributed by atoms with van der Waals surface area (Å²) in [5.41, 5.74) is 0.695. The lowest BCUT2D eigenvalue weighted by Gasteiger charge is -2.40. The Kier molecular flexibility index (Phi) is 4.04. The van der Waals surface area contributed by atoms with Crippen molar-refractivity contribution in [2.75, 3.05) is 20.1 Å². The van der Waals surface area contributed by atoms with Crippen LogP contribution in [0.2, 0.25) is 0 Å². The number of aromatic nitrogens is 2. The number of nitrogens with one attached hydrogen (secondary N) is 1. The molecule has 6 nitrogen and oxygen atoms in total. The number of carbonyl (C=O) groups excluding carboxylic acids is 1. The van der Waals surface area contributed by atoms with Crippen molar-refractivity contribution in [2.45, 2.75) is 45.4 Å². The number of amides is 1. The molecule has 0 aliphatic carbocycles. The minimum atomic E-state index is -0.445. The molecule has 2 heterocycles. The fourth-order valence-electron chi connectivity index (χ4n) is 2.21. The van der Waals surface area contributed by atoms with E-state index in [9.17, 15) is 4.79 Å². The minimum Gasteiger partial charge on any atom is -0.444 e. The molecule has 1 aromatic rings. The Balaban J connectivity index is 1.94. The molecule has 1 aromatic heterocycles. The fourth-order valence-corrected chi connectivity index (χ4v) is 2.21. The lowest BCUT2D eigenvalue weighted by molar-refractivity contribution is -0.000894. The third-order valence-corrected chi connectivity index (χ3v) is 3.44. The van der Waals surface area contributed by atoms with Gasteiger partial charge in [0.2, 0.25) is 0 Å². The third kappa shape index (κ3) is 3.12. The topological polar surface area (TPSA) is 59.4 Å². The normalized spacial score (nSPS) is 17.8. The molecule has 0 radical (unpaired) electrons. The molecule has 0 spiro atoms. The van der Waals surface area contributed by atoms with E-state index >= 15 is 0 Å². The number of nitrogens with zero attached hydrogens (tertiary/aromatic N) is 3. The van der Waals surface area contributed by atoms with Crippen molar-refractivity contribution >= 4 is 6.09 Å². The lowest BCUT2D eigenvalue weighted by Crippen LogP contribution is -2.52. The van der Waals surface area contributed by atoms with Crippen LogP contribution in [0.3, 0.4) is 0 Å². The molecule has 0 saturated carbocycles. The van der Waals surface area contributed by atoms with Crippen molar-refractivity contribution in [3.8, 4) is 0 Å². The van der Waals surface area contributed by atoms with Crippen LogP contribution in [0, 0.1) is 0 Å². The van der Waals surface area contributed by atoms with E-state index in [0.29, 0.717) is 13.1 Å². The van der Waals surface area contributed by atoms with Crippen LogP contribution in [0.4, 0.5) is 4.79 Å². The van der Waals surface area contributed by atoms with Gasteiger partial charge in [0.1, 0.15) is 5.60 Å². The van der Waals surface area contributed by atoms with Gasteiger partial charge in [-0.3, -0.25) is 4.68 Å². The minimum absolute atomic E-state index is 0.239. The van der Waals surface area contributed by atoms with Crippen LogP contribution in [-0.4, -0.2) is 46.5 Å². The summed E-state index contributed by atoms with van der Waals surface area (Å²) in [4.78, 5) is 13.6. The van der Waals surface area contributed by atoms with Crippen molar-refractivity contribution in [3.05, 3.63) is 18.0 Å². The lowest BCUT2D eigenvalue weighted by atomic mass is 10.1. The quantitative estimate of drug-likeness (QED) is 0.919. The fraction of sp³-hybridized carbons (Fsp3) is 0.714. The van der Waals surface area contributed by atoms with Crippen molar-refractivity contribution in [2.24, 2.45) is 0 Å². The van der Waals surface area contributed by atoms with E-state index in [-0.39, 0.29) is 18.2 Å². The van der Waals surface area contributed by atoms with Crippen LogP contribution in [0.1, 0.15) is 45.5 Å². The zero-order valence-electron chi connectivity index (χ0n) is 12.9. The number of carbonyl (C=O) groups is 1. The summed E-state index contributed by atoms with van der Waals surface area (Å²) in [6.45, 7) is 9.03. The Hall–Kier alpha value is -1.56. The molecule has 0 aromatic carbocycles. The summed E-state index contributed by atoms with van der Waals surface area (Å²) in [6.07, 6.45) is 1.56. The molecule has 1 N–H and O–H groups in total. The van der Waals surface area contributed by atoms with E-state index in [0.717, 1.165) is 5.69 Å². The molecule has 1 aliphatic rings. The van der Waals surface area contributed by atoms with Crippen molar-refractivity contribution in [1.29, 1.82) is 0 Å². The zero-order chi connectivity index (χ0) is 14.9. The number of ether oxygens (including phenoxy) is 1. The van der Waals surface area contributed by atoms with Gasteiger partial charge in [-0.05, 0) is 40.8 Å². The van der Waals surface area contributed by atoms with Gasteiger partial charge in [0.15, 0.2) is 0 Å². The number of hydrogen-bond donors (Lipinski definition) is 1. The Morgan fingerprint density at radius 1 is 1.50 bits per heavy atom. The summed E-state index contributed by atoms with van der Waals surface area (Å²) >= 11 is 0. The maximum Gasteiger partial charge on any atom is 0.410 e. The van der Waals surface area contributed by atoms with Crippen molar-refractivity contribution in [3.63, 3.8) is 0 Å². The van der Waals surface area contributed by atoms with Gasteiger partial charge in [0, 0.05) is 25.3 Å². The van der Waals surface area contributed by atoms with E-state index < -0.39 is 5.60 Å². The van der Waals surface area contributed by atoms with Crippen LogP contribution in [0.5, 0.6) is 0 Å². The van der Waals surface area contributed by atoms with E-state index in [1.807, 2.05) is 38.6 Å². The molecule has 1 saturated heterocycles. The highest BCUT2D eigenvalue weighted by atomic mass is 16.6. The highest BCUT2D eigenvalue weighted by Crippen LogP contribution is 2.26. The van der Waals surface area contributed by atoms with Crippen LogP contribution in [0.25, 0.3) is 0 Å². The molecule has 1 aliphatic heterocycles. The second kappa shape index (κ2) is 5.44. The molecule has 1 atom stereocenters. The summed E-state index contributed by atoms with van der Waals surface area (Å²) in [5, 5.41) is 7.58. The molecule has 20 heavy (non-hydrogen) atoms. The van der Waals surface area contributed by atoms with E-state index in [2.05, 4.69) is 17.3 Å². The highest BCUT2D eigenvalue weighted by Gasteiger charge is 2.36. The van der Waals surface area contributed by atoms with Gasteiger partial charge >= 0.3 is 6.09 Å². The molecule has 6 heteroatoms. The summed E-state index contributed by atoms with van der Waals surface area (Å²) in [5.74, 6) is 0. The molecule has 0 bridgehead atoms. The summed E-state index contributed by atoms with van der Waals surface area (Å²) in [7, 11) is 1.93. The molecular weight excluding hydrogens is 256 g/mol. The maximum atomic E-state index is 11.9. The first-order valence-electron chi connectivity index (χ1n) is 7.00. The molecule has 112 valence electrons. The van der Waals surface area contributed by atoms with Crippen LogP contribution in [0.15, 0.2) is 12.3 Å². The first-order valence-corrected chi connectivity index (χ1v) is 7.00. The predicted molar refractivity (Wildman–Crippen MR) is 76.5 cm³/mol. The maximum absolute atomic E-state index is 11.9. The van der Waals surface area contributed by atoms with E-state index in [4.69, 9.17) is 4.74 Å². The number of rotatable bonds is 3. The molecule has 1 fully saturated rings. The zero-order valence-corrected chi connectivity index (χ0v) is 12.9. The van der Waals surface area contributed by atoms with Crippen LogP contribution < -0.4 is 5.32 Å². The smallest absolute Gasteiger partial charge is 0.410 e. The van der Waals surface area contributed by atoms with Gasteiger partial charge in [0.25, 0.3) is 0 Å². The van der Waals surface area contributed by atoms with Crippen molar-refractivity contribution in [1.82, 2.24) is 20.0 Å². The first kappa shape index (κ1) is 14.8. The largest absolute Gasteiger partial charge is 0.444 e. The van der Waals surface area contributed by atoms with Gasteiger partial charge in [-0.15, -0.1) is 0 Å². The van der Waals surface area contributed by atoms with Crippen molar-refractivity contribution < 1.29 is 9.53 Å². The Morgan fingerprint density at radius 3 is 2.70 bits per heavy atom. The van der Waals surface area contributed by atoms with Gasteiger partial charge in [-0.2, -0.15) is 5.10 Å². The van der Waals surface area contributed by atoms with Gasteiger partial charge in [-0.1, -0.05) is 0 Å². The van der Waals surface area contributed by atoms with E-state index in [1.165, 1.54) is 0 Å². The average Bonchev–Trinajstić information content (AvgIpc) is 2.72. The number of likely N-dealkylation sites (tertiary alicyclic amines) is 1. The van der Waals surface area contributed by atoms with Crippen LogP contribution >= 0.6 is 0 Å². The van der Waals surface area contributed by atoms with Gasteiger partial charge < -0.3 is 15.0 Å². The second-order valence-electron chi connectivity index (χ2n) is 6.25. The molecular formula is C14H24N4O2. The molecule has 1 amide bonds. The average molecular weight is 280 g/mol. The Labute approximate surface area is 120 Å². The predicted octanol–water partition coefficient (Wildman–Crippen LogP) is 1.96. The monoisotopic (exact) mass is 280 g/mol. The third-order valence-electron chi connectivity index (χ3n) is 3.44. The summed E-state index contributed by atoms with van der Waals surface area (Å²) in [6, 6.07) is 2.49. The summed E-state index contributed by atoms with van der Waals surface area (Å²) < 4.78 is 7.35. The van der Waals surface area contributed by atoms with E-state index in [1.54, 1.807) is 11.1 Å². The Bertz CT molecular complexity index is 472. The molecule has 1 unspecified atom stereocenters. The Morgan fingerprint density at radius 2 is 2.15 bits per heavy atom. The van der Waals surface area contributed by atoms with Crippen LogP contribution in [-0.2, 0) is 4.74 Å². The standard InChI is InChI=1S/C14H24N4O2/c1-10(15-5)12-6-7-16-18(12)11-8-17(9-11)13(19)20-14(2,3)4/h6-7,10-11,15H,8-9H2,1-5H3. The highest BCUT2D eigenvalue weighted by molar-refractivity contribution is 5.69. The van der Waals surface area contributed by atoms with Gasteiger partial charge in [0.05, 0.1) is 11.7 Å². The number of hydrogen-bond acceptors (Lipinski definition) is 4. The first-order chi connectivity index (χ1) is 9.31. The SMILES string of the molecule is CNC(C)c1ccnn1C1CN(C(=O)OC(C)(C)C)C1.